The molecule has 4 heteroatoms. The summed E-state index contributed by atoms with van der Waals surface area (Å²) in [5, 5.41) is 0.569. The van der Waals surface area contributed by atoms with Gasteiger partial charge in [-0.15, -0.1) is 0 Å². The van der Waals surface area contributed by atoms with E-state index >= 15 is 0 Å². The van der Waals surface area contributed by atoms with Crippen LogP contribution in [0.15, 0.2) is 24.4 Å². The van der Waals surface area contributed by atoms with Gasteiger partial charge in [-0.1, -0.05) is 17.7 Å². The first-order valence-electron chi connectivity index (χ1n) is 6.11. The van der Waals surface area contributed by atoms with Crippen LogP contribution in [0.25, 0.3) is 0 Å². The lowest BCUT2D eigenvalue weighted by molar-refractivity contribution is 0.100. The number of hydrogen-bond donors (Lipinski definition) is 1. The number of hydrogen-bond acceptors (Lipinski definition) is 1. The number of primary amides is 1. The van der Waals surface area contributed by atoms with Crippen LogP contribution in [0.1, 0.15) is 32.7 Å². The monoisotopic (exact) mass is 276 g/mol. The lowest BCUT2D eigenvalue weighted by atomic mass is 10.1. The van der Waals surface area contributed by atoms with Crippen molar-refractivity contribution in [1.29, 1.82) is 0 Å². The Bertz CT molecular complexity index is 644. The van der Waals surface area contributed by atoms with E-state index in [9.17, 15) is 4.79 Å². The molecule has 19 heavy (non-hydrogen) atoms. The first kappa shape index (κ1) is 13.7. The Morgan fingerprint density at radius 1 is 1.32 bits per heavy atom. The predicted molar refractivity (Wildman–Crippen MR) is 77.7 cm³/mol. The number of benzene rings is 1. The standard InChI is InChI=1S/C15H17ClN2O/c1-9-7-18(11(3)10(9)2)8-13-5-4-12(15(17)19)6-14(13)16/h4-7H,8H2,1-3H3,(H2,17,19). The van der Waals surface area contributed by atoms with E-state index in [1.165, 1.54) is 16.8 Å². The summed E-state index contributed by atoms with van der Waals surface area (Å²) in [7, 11) is 0. The number of aryl methyl sites for hydroxylation is 1. The van der Waals surface area contributed by atoms with E-state index in [1.807, 2.05) is 6.07 Å². The number of nitrogens with zero attached hydrogens (tertiary/aromatic N) is 1. The van der Waals surface area contributed by atoms with Crippen molar-refractivity contribution < 1.29 is 4.79 Å². The van der Waals surface area contributed by atoms with Gasteiger partial charge in [-0.25, -0.2) is 0 Å². The topological polar surface area (TPSA) is 48.0 Å². The second kappa shape index (κ2) is 5.10. The summed E-state index contributed by atoms with van der Waals surface area (Å²) in [5.41, 5.74) is 10.4. The summed E-state index contributed by atoms with van der Waals surface area (Å²) in [4.78, 5) is 11.1. The third-order valence-corrected chi connectivity index (χ3v) is 3.94. The minimum Gasteiger partial charge on any atom is -0.366 e. The summed E-state index contributed by atoms with van der Waals surface area (Å²) >= 11 is 6.20. The molecule has 0 bridgehead atoms. The maximum absolute atomic E-state index is 11.1. The SMILES string of the molecule is Cc1cn(Cc2ccc(C(N)=O)cc2Cl)c(C)c1C. The molecule has 1 aromatic carbocycles. The molecule has 0 aliphatic rings. The van der Waals surface area contributed by atoms with Crippen molar-refractivity contribution in [2.75, 3.05) is 0 Å². The summed E-state index contributed by atoms with van der Waals surface area (Å²) in [6.45, 7) is 6.99. The molecule has 0 atom stereocenters. The molecule has 2 N–H and O–H groups in total. The second-order valence-corrected chi connectivity index (χ2v) is 5.23. The van der Waals surface area contributed by atoms with Crippen molar-refractivity contribution in [3.63, 3.8) is 0 Å². The van der Waals surface area contributed by atoms with Gasteiger partial charge in [0.1, 0.15) is 0 Å². The molecule has 0 saturated heterocycles. The van der Waals surface area contributed by atoms with E-state index in [4.69, 9.17) is 17.3 Å². The van der Waals surface area contributed by atoms with Gasteiger partial charge in [0.05, 0.1) is 0 Å². The molecule has 100 valence electrons. The Morgan fingerprint density at radius 2 is 2.00 bits per heavy atom. The maximum atomic E-state index is 11.1. The molecule has 0 fully saturated rings. The Hall–Kier alpha value is -1.74. The molecule has 2 rings (SSSR count). The number of nitrogens with two attached hydrogens (primary N) is 1. The zero-order valence-corrected chi connectivity index (χ0v) is 12.1. The van der Waals surface area contributed by atoms with Crippen LogP contribution in [0.3, 0.4) is 0 Å². The largest absolute Gasteiger partial charge is 0.366 e. The molecule has 1 amide bonds. The number of amides is 1. The maximum Gasteiger partial charge on any atom is 0.248 e. The lowest BCUT2D eigenvalue weighted by Gasteiger charge is -2.09. The van der Waals surface area contributed by atoms with Crippen LogP contribution in [0.2, 0.25) is 5.02 Å². The molecule has 0 spiro atoms. The van der Waals surface area contributed by atoms with Crippen LogP contribution in [0.5, 0.6) is 0 Å². The average Bonchev–Trinajstić information content (AvgIpc) is 2.59. The van der Waals surface area contributed by atoms with Crippen molar-refractivity contribution in [1.82, 2.24) is 4.57 Å². The van der Waals surface area contributed by atoms with Gasteiger partial charge in [-0.3, -0.25) is 4.79 Å². The highest BCUT2D eigenvalue weighted by Crippen LogP contribution is 2.22. The van der Waals surface area contributed by atoms with E-state index in [0.717, 1.165) is 5.56 Å². The van der Waals surface area contributed by atoms with Crippen LogP contribution in [-0.4, -0.2) is 10.5 Å². The summed E-state index contributed by atoms with van der Waals surface area (Å²) in [6.07, 6.45) is 2.11. The first-order chi connectivity index (χ1) is 8.90. The van der Waals surface area contributed by atoms with Gasteiger partial charge >= 0.3 is 0 Å². The number of halogens is 1. The van der Waals surface area contributed by atoms with Crippen molar-refractivity contribution in [3.8, 4) is 0 Å². The molecule has 1 aromatic heterocycles. The molecule has 1 heterocycles. The van der Waals surface area contributed by atoms with Crippen LogP contribution in [0.4, 0.5) is 0 Å². The Kier molecular flexibility index (Phi) is 3.67. The van der Waals surface area contributed by atoms with Gasteiger partial charge in [0.25, 0.3) is 0 Å². The zero-order chi connectivity index (χ0) is 14.2. The predicted octanol–water partition coefficient (Wildman–Crippen LogP) is 3.21. The third-order valence-electron chi connectivity index (χ3n) is 3.59. The average molecular weight is 277 g/mol. The van der Waals surface area contributed by atoms with Crippen molar-refractivity contribution in [3.05, 3.63) is 57.4 Å². The van der Waals surface area contributed by atoms with E-state index in [-0.39, 0.29) is 0 Å². The Balaban J connectivity index is 2.33. The first-order valence-corrected chi connectivity index (χ1v) is 6.49. The van der Waals surface area contributed by atoms with E-state index in [2.05, 4.69) is 31.5 Å². The Morgan fingerprint density at radius 3 is 2.47 bits per heavy atom. The molecular formula is C15H17ClN2O. The van der Waals surface area contributed by atoms with E-state index < -0.39 is 5.91 Å². The third kappa shape index (κ3) is 2.66. The smallest absolute Gasteiger partial charge is 0.248 e. The van der Waals surface area contributed by atoms with Gasteiger partial charge in [0.2, 0.25) is 5.91 Å². The van der Waals surface area contributed by atoms with E-state index in [1.54, 1.807) is 12.1 Å². The highest BCUT2D eigenvalue weighted by atomic mass is 35.5. The molecule has 0 unspecified atom stereocenters. The molecule has 2 aromatic rings. The number of rotatable bonds is 3. The van der Waals surface area contributed by atoms with Gasteiger partial charge < -0.3 is 10.3 Å². The number of carbonyl (C=O) groups is 1. The zero-order valence-electron chi connectivity index (χ0n) is 11.3. The molecule has 3 nitrogen and oxygen atoms in total. The normalized spacial score (nSPS) is 10.7. The lowest BCUT2D eigenvalue weighted by Crippen LogP contribution is -2.11. The molecular weight excluding hydrogens is 260 g/mol. The van der Waals surface area contributed by atoms with Crippen LogP contribution < -0.4 is 5.73 Å². The fourth-order valence-electron chi connectivity index (χ4n) is 2.10. The highest BCUT2D eigenvalue weighted by molar-refractivity contribution is 6.31. The summed E-state index contributed by atoms with van der Waals surface area (Å²) in [6, 6.07) is 5.19. The quantitative estimate of drug-likeness (QED) is 0.919. The molecule has 0 saturated carbocycles. The van der Waals surface area contributed by atoms with Crippen molar-refractivity contribution >= 4 is 17.5 Å². The summed E-state index contributed by atoms with van der Waals surface area (Å²) < 4.78 is 2.16. The number of aromatic nitrogens is 1. The van der Waals surface area contributed by atoms with Crippen LogP contribution in [0, 0.1) is 20.8 Å². The minimum absolute atomic E-state index is 0.435. The van der Waals surface area contributed by atoms with Crippen molar-refractivity contribution in [2.45, 2.75) is 27.3 Å². The van der Waals surface area contributed by atoms with Crippen molar-refractivity contribution in [2.24, 2.45) is 5.73 Å². The molecule has 0 radical (unpaired) electrons. The van der Waals surface area contributed by atoms with Gasteiger partial charge in [-0.2, -0.15) is 0 Å². The fraction of sp³-hybridized carbons (Fsp3) is 0.267. The Labute approximate surface area is 118 Å². The van der Waals surface area contributed by atoms with Gasteiger partial charge in [-0.05, 0) is 49.6 Å². The van der Waals surface area contributed by atoms with Crippen LogP contribution in [-0.2, 0) is 6.54 Å². The van der Waals surface area contributed by atoms with E-state index in [0.29, 0.717) is 17.1 Å². The molecule has 0 aliphatic heterocycles. The minimum atomic E-state index is -0.461. The molecule has 0 aliphatic carbocycles. The highest BCUT2D eigenvalue weighted by Gasteiger charge is 2.09. The summed E-state index contributed by atoms with van der Waals surface area (Å²) in [5.74, 6) is -0.461. The number of carbonyl (C=O) groups excluding carboxylic acids is 1. The second-order valence-electron chi connectivity index (χ2n) is 4.82. The van der Waals surface area contributed by atoms with Crippen LogP contribution >= 0.6 is 11.6 Å². The fourth-order valence-corrected chi connectivity index (χ4v) is 2.35. The van der Waals surface area contributed by atoms with Gasteiger partial charge in [0.15, 0.2) is 0 Å². The van der Waals surface area contributed by atoms with Gasteiger partial charge in [0, 0.05) is 29.0 Å².